The van der Waals surface area contributed by atoms with Crippen LogP contribution in [0.4, 0.5) is 0 Å². The number of hydroxylamine groups is 2. The van der Waals surface area contributed by atoms with Crippen molar-refractivity contribution >= 4 is 17.3 Å². The Labute approximate surface area is 219 Å². The Bertz CT molecular complexity index is 1040. The summed E-state index contributed by atoms with van der Waals surface area (Å²) in [6.07, 6.45) is 1.98. The number of carbonyl (C=O) groups excluding carboxylic acids is 1. The molecule has 6 aliphatic rings. The molecule has 8 atom stereocenters. The summed E-state index contributed by atoms with van der Waals surface area (Å²) < 4.78 is 43.1. The summed E-state index contributed by atoms with van der Waals surface area (Å²) in [5.74, 6) is -5.00. The smallest absolute Gasteiger partial charge is 0.371 e. The van der Waals surface area contributed by atoms with Crippen LogP contribution in [0.3, 0.4) is 0 Å². The fourth-order valence-electron chi connectivity index (χ4n) is 6.53. The normalized spacial score (nSPS) is 46.8. The van der Waals surface area contributed by atoms with Gasteiger partial charge in [-0.25, -0.2) is 9.63 Å². The second-order valence-electron chi connectivity index (χ2n) is 11.4. The van der Waals surface area contributed by atoms with Crippen LogP contribution in [0.5, 0.6) is 0 Å². The summed E-state index contributed by atoms with van der Waals surface area (Å²) in [6.45, 7) is 5.66. The van der Waals surface area contributed by atoms with E-state index in [-0.39, 0.29) is 19.1 Å². The number of thiophene rings is 1. The number of rotatable bonds is 3. The third kappa shape index (κ3) is 4.08. The number of esters is 1. The van der Waals surface area contributed by atoms with Crippen LogP contribution >= 0.6 is 11.3 Å². The van der Waals surface area contributed by atoms with Gasteiger partial charge in [-0.3, -0.25) is 10.5 Å². The summed E-state index contributed by atoms with van der Waals surface area (Å²) in [7, 11) is 0. The topological polar surface area (TPSA) is 120 Å². The molecule has 5 aliphatic heterocycles. The lowest BCUT2D eigenvalue weighted by molar-refractivity contribution is -0.355. The van der Waals surface area contributed by atoms with Gasteiger partial charge in [0.25, 0.3) is 5.79 Å². The van der Waals surface area contributed by atoms with Crippen molar-refractivity contribution in [2.45, 2.75) is 119 Å². The summed E-state index contributed by atoms with van der Waals surface area (Å²) in [4.78, 5) is 20.9. The van der Waals surface area contributed by atoms with Crippen molar-refractivity contribution in [2.24, 2.45) is 5.73 Å². The molecule has 1 aromatic rings. The minimum Gasteiger partial charge on any atom is -0.429 e. The van der Waals surface area contributed by atoms with Crippen LogP contribution in [-0.2, 0) is 42.8 Å². The zero-order valence-electron chi connectivity index (χ0n) is 21.3. The molecule has 0 bridgehead atoms. The minimum absolute atomic E-state index is 0.258. The molecular formula is C25H34N2O9S. The molecule has 7 rings (SSSR count). The Hall–Kier alpha value is -1.19. The molecule has 1 saturated carbocycles. The molecule has 1 unspecified atom stereocenters. The van der Waals surface area contributed by atoms with Gasteiger partial charge >= 0.3 is 5.97 Å². The van der Waals surface area contributed by atoms with Crippen LogP contribution < -0.4 is 5.73 Å². The van der Waals surface area contributed by atoms with Crippen molar-refractivity contribution in [3.05, 3.63) is 22.4 Å². The standard InChI is InChI=1S/C25H34N2O9S/c1-22(2)32-18-17(15-13-29-23(3,26)31-15)30-20(19(18)33-22)27-14(16-8-7-11-37-16)12-25(36-27)21(28)34-24(35-25)9-5-4-6-10-24/h7-8,11,14-15,17-20H,4-6,9-10,12-13,26H2,1-3H3/t14-,15?,17+,18-,19-,20-,23-,25-/m1/s1. The lowest BCUT2D eigenvalue weighted by Gasteiger charge is -2.33. The minimum atomic E-state index is -1.54. The van der Waals surface area contributed by atoms with Gasteiger partial charge in [-0.1, -0.05) is 12.5 Å². The van der Waals surface area contributed by atoms with Crippen LogP contribution in [0.15, 0.2) is 17.5 Å². The number of nitrogens with two attached hydrogens (primary N) is 1. The maximum Gasteiger partial charge on any atom is 0.371 e. The molecule has 0 aromatic carbocycles. The first-order valence-corrected chi connectivity index (χ1v) is 14.0. The monoisotopic (exact) mass is 538 g/mol. The van der Waals surface area contributed by atoms with E-state index in [9.17, 15) is 4.79 Å². The molecular weight excluding hydrogens is 504 g/mol. The van der Waals surface area contributed by atoms with E-state index in [1.165, 1.54) is 0 Å². The first-order valence-electron chi connectivity index (χ1n) is 13.1. The predicted octanol–water partition coefficient (Wildman–Crippen LogP) is 2.65. The Morgan fingerprint density at radius 2 is 1.84 bits per heavy atom. The number of hydrogen-bond donors (Lipinski definition) is 1. The zero-order valence-corrected chi connectivity index (χ0v) is 22.1. The summed E-state index contributed by atoms with van der Waals surface area (Å²) in [5.41, 5.74) is 6.06. The van der Waals surface area contributed by atoms with Crippen LogP contribution in [0.2, 0.25) is 0 Å². The van der Waals surface area contributed by atoms with Gasteiger partial charge in [-0.2, -0.15) is 0 Å². The summed E-state index contributed by atoms with van der Waals surface area (Å²) in [6, 6.07) is 3.68. The first kappa shape index (κ1) is 24.8. The van der Waals surface area contributed by atoms with Gasteiger partial charge in [0.1, 0.15) is 24.4 Å². The molecule has 0 amide bonds. The molecule has 12 heteroatoms. The summed E-state index contributed by atoms with van der Waals surface area (Å²) in [5, 5.41) is 3.72. The Balaban J connectivity index is 1.21. The van der Waals surface area contributed by atoms with Gasteiger partial charge in [-0.15, -0.1) is 16.4 Å². The second-order valence-corrected chi connectivity index (χ2v) is 12.4. The van der Waals surface area contributed by atoms with E-state index in [0.29, 0.717) is 12.8 Å². The highest BCUT2D eigenvalue weighted by Gasteiger charge is 2.69. The zero-order chi connectivity index (χ0) is 25.6. The Kier molecular flexibility index (Phi) is 5.64. The SMILES string of the molecule is CC1(C)O[C@@H]2[C@H](O1)[C@H](C1CO[C@@](C)(N)O1)O[C@H]2N1O[C@@]2(C[C@@H]1c1cccs1)OC1(CCCCC1)OC2=O. The van der Waals surface area contributed by atoms with E-state index in [1.807, 2.05) is 31.4 Å². The van der Waals surface area contributed by atoms with Crippen LogP contribution in [-0.4, -0.2) is 71.6 Å². The molecule has 1 aromatic heterocycles. The Morgan fingerprint density at radius 3 is 2.54 bits per heavy atom. The molecule has 37 heavy (non-hydrogen) atoms. The fourth-order valence-corrected chi connectivity index (χ4v) is 7.34. The van der Waals surface area contributed by atoms with Crippen LogP contribution in [0.1, 0.15) is 70.2 Å². The average molecular weight is 539 g/mol. The highest BCUT2D eigenvalue weighted by Crippen LogP contribution is 2.54. The maximum atomic E-state index is 13.4. The van der Waals surface area contributed by atoms with Crippen LogP contribution in [0, 0.1) is 0 Å². The number of carbonyl (C=O) groups is 1. The van der Waals surface area contributed by atoms with Gasteiger partial charge in [0.2, 0.25) is 11.7 Å². The molecule has 6 heterocycles. The van der Waals surface area contributed by atoms with Crippen molar-refractivity contribution in [1.29, 1.82) is 0 Å². The molecule has 0 radical (unpaired) electrons. The van der Waals surface area contributed by atoms with E-state index in [1.54, 1.807) is 23.3 Å². The molecule has 204 valence electrons. The highest BCUT2D eigenvalue weighted by molar-refractivity contribution is 7.10. The molecule has 6 fully saturated rings. The van der Waals surface area contributed by atoms with Crippen molar-refractivity contribution < 1.29 is 42.8 Å². The quantitative estimate of drug-likeness (QED) is 0.572. The molecule has 2 spiro atoms. The van der Waals surface area contributed by atoms with E-state index in [2.05, 4.69) is 0 Å². The van der Waals surface area contributed by atoms with E-state index < -0.39 is 59.9 Å². The van der Waals surface area contributed by atoms with Crippen molar-refractivity contribution in [1.82, 2.24) is 5.06 Å². The largest absolute Gasteiger partial charge is 0.429 e. The van der Waals surface area contributed by atoms with Gasteiger partial charge in [0.05, 0.1) is 12.6 Å². The highest BCUT2D eigenvalue weighted by atomic mass is 32.1. The predicted molar refractivity (Wildman–Crippen MR) is 126 cm³/mol. The van der Waals surface area contributed by atoms with E-state index in [4.69, 9.17) is 43.7 Å². The third-order valence-electron chi connectivity index (χ3n) is 8.05. The molecule has 11 nitrogen and oxygen atoms in total. The second kappa shape index (κ2) is 8.40. The van der Waals surface area contributed by atoms with Crippen molar-refractivity contribution in [3.8, 4) is 0 Å². The third-order valence-corrected chi connectivity index (χ3v) is 9.03. The van der Waals surface area contributed by atoms with Gasteiger partial charge in [-0.05, 0) is 38.1 Å². The number of fused-ring (bicyclic) bond motifs is 1. The van der Waals surface area contributed by atoms with Gasteiger partial charge < -0.3 is 28.4 Å². The lowest BCUT2D eigenvalue weighted by atomic mass is 9.94. The number of nitrogens with zero attached hydrogens (tertiary/aromatic N) is 1. The first-order chi connectivity index (χ1) is 17.6. The van der Waals surface area contributed by atoms with Gasteiger partial charge in [0.15, 0.2) is 12.0 Å². The fraction of sp³-hybridized carbons (Fsp3) is 0.800. The number of ether oxygens (including phenoxy) is 7. The molecule has 5 saturated heterocycles. The lowest BCUT2D eigenvalue weighted by Crippen LogP contribution is -2.46. The van der Waals surface area contributed by atoms with E-state index in [0.717, 1.165) is 24.1 Å². The molecule has 1 aliphatic carbocycles. The average Bonchev–Trinajstić information content (AvgIpc) is 3.64. The number of hydrogen-bond acceptors (Lipinski definition) is 12. The molecule has 2 N–H and O–H groups in total. The van der Waals surface area contributed by atoms with Crippen molar-refractivity contribution in [2.75, 3.05) is 6.61 Å². The maximum absolute atomic E-state index is 13.4. The van der Waals surface area contributed by atoms with Crippen LogP contribution in [0.25, 0.3) is 0 Å². The van der Waals surface area contributed by atoms with E-state index >= 15 is 0 Å². The summed E-state index contributed by atoms with van der Waals surface area (Å²) >= 11 is 1.59. The Morgan fingerprint density at radius 1 is 1.05 bits per heavy atom. The van der Waals surface area contributed by atoms with Crippen molar-refractivity contribution in [3.63, 3.8) is 0 Å². The van der Waals surface area contributed by atoms with Gasteiger partial charge in [0, 0.05) is 31.1 Å².